The molecule has 8 heteroatoms. The molecule has 1 fully saturated rings. The molecule has 0 spiro atoms. The minimum Gasteiger partial charge on any atom is -0.489 e. The Kier molecular flexibility index (Phi) is 7.46. The maximum Gasteiger partial charge on any atom is 0.407 e. The Morgan fingerprint density at radius 2 is 1.97 bits per heavy atom. The SMILES string of the molecule is COCCOC(=O)NCc1c(C)noc1-c1ccc(OC2CCCCC2)c(C)n1. The standard InChI is InChI=1S/C21H29N3O5/c1-14-17(13-22-21(25)27-12-11-26-3)20(29-24-14)18-9-10-19(15(2)23-18)28-16-7-5-4-6-8-16/h9-10,16H,4-8,11-13H2,1-3H3,(H,22,25). The van der Waals surface area contributed by atoms with Crippen LogP contribution in [0.2, 0.25) is 0 Å². The van der Waals surface area contributed by atoms with E-state index < -0.39 is 6.09 Å². The molecule has 0 bridgehead atoms. The number of hydrogen-bond donors (Lipinski definition) is 1. The molecule has 1 amide bonds. The molecule has 29 heavy (non-hydrogen) atoms. The third kappa shape index (κ3) is 5.69. The molecule has 1 aliphatic rings. The van der Waals surface area contributed by atoms with Gasteiger partial charge in [-0.25, -0.2) is 9.78 Å². The Morgan fingerprint density at radius 3 is 2.69 bits per heavy atom. The number of nitrogens with one attached hydrogen (secondary N) is 1. The number of ether oxygens (including phenoxy) is 3. The minimum atomic E-state index is -0.519. The van der Waals surface area contributed by atoms with Gasteiger partial charge in [-0.2, -0.15) is 0 Å². The Labute approximate surface area is 170 Å². The second-order valence-corrected chi connectivity index (χ2v) is 7.22. The van der Waals surface area contributed by atoms with Crippen LogP contribution in [0.4, 0.5) is 4.79 Å². The summed E-state index contributed by atoms with van der Waals surface area (Å²) in [5.74, 6) is 1.34. The maximum atomic E-state index is 11.8. The first-order valence-corrected chi connectivity index (χ1v) is 10.1. The van der Waals surface area contributed by atoms with Gasteiger partial charge < -0.3 is 24.1 Å². The highest BCUT2D eigenvalue weighted by Gasteiger charge is 2.20. The third-order valence-electron chi connectivity index (χ3n) is 5.03. The molecule has 2 aromatic rings. The van der Waals surface area contributed by atoms with Gasteiger partial charge in [0.25, 0.3) is 0 Å². The van der Waals surface area contributed by atoms with Crippen LogP contribution in [0.3, 0.4) is 0 Å². The molecular weight excluding hydrogens is 374 g/mol. The van der Waals surface area contributed by atoms with Gasteiger partial charge in [0.05, 0.1) is 30.6 Å². The van der Waals surface area contributed by atoms with E-state index in [1.165, 1.54) is 19.3 Å². The predicted octanol–water partition coefficient (Wildman–Crippen LogP) is 3.94. The first kappa shape index (κ1) is 21.1. The van der Waals surface area contributed by atoms with Gasteiger partial charge in [0, 0.05) is 12.7 Å². The first-order chi connectivity index (χ1) is 14.1. The number of aromatic nitrogens is 2. The fraction of sp³-hybridized carbons (Fsp3) is 0.571. The van der Waals surface area contributed by atoms with E-state index in [0.717, 1.165) is 29.8 Å². The van der Waals surface area contributed by atoms with E-state index in [1.807, 2.05) is 26.0 Å². The number of carbonyl (C=O) groups excluding carboxylic acids is 1. The van der Waals surface area contributed by atoms with Crippen molar-refractivity contribution in [2.24, 2.45) is 0 Å². The molecule has 1 saturated carbocycles. The second-order valence-electron chi connectivity index (χ2n) is 7.22. The van der Waals surface area contributed by atoms with Crippen molar-refractivity contribution in [2.45, 2.75) is 58.6 Å². The van der Waals surface area contributed by atoms with Crippen molar-refractivity contribution in [2.75, 3.05) is 20.3 Å². The summed E-state index contributed by atoms with van der Waals surface area (Å²) in [4.78, 5) is 16.4. The van der Waals surface area contributed by atoms with Crippen LogP contribution in [0.15, 0.2) is 16.7 Å². The largest absolute Gasteiger partial charge is 0.489 e. The molecule has 8 nitrogen and oxygen atoms in total. The monoisotopic (exact) mass is 403 g/mol. The third-order valence-corrected chi connectivity index (χ3v) is 5.03. The quantitative estimate of drug-likeness (QED) is 0.667. The van der Waals surface area contributed by atoms with Crippen molar-refractivity contribution < 1.29 is 23.5 Å². The van der Waals surface area contributed by atoms with Gasteiger partial charge in [-0.05, 0) is 51.7 Å². The number of rotatable bonds is 8. The Balaban J connectivity index is 1.67. The molecule has 3 rings (SSSR count). The van der Waals surface area contributed by atoms with Crippen molar-refractivity contribution in [1.29, 1.82) is 0 Å². The summed E-state index contributed by atoms with van der Waals surface area (Å²) < 4.78 is 21.5. The average molecular weight is 403 g/mol. The molecule has 1 aliphatic carbocycles. The van der Waals surface area contributed by atoms with Crippen LogP contribution in [0.1, 0.15) is 49.1 Å². The molecule has 2 heterocycles. The zero-order chi connectivity index (χ0) is 20.6. The zero-order valence-electron chi connectivity index (χ0n) is 17.3. The summed E-state index contributed by atoms with van der Waals surface area (Å²) in [7, 11) is 1.55. The van der Waals surface area contributed by atoms with E-state index in [9.17, 15) is 4.79 Å². The van der Waals surface area contributed by atoms with E-state index in [1.54, 1.807) is 7.11 Å². The number of amides is 1. The molecular formula is C21H29N3O5. The molecule has 0 aromatic carbocycles. The average Bonchev–Trinajstić information content (AvgIpc) is 3.09. The molecule has 158 valence electrons. The van der Waals surface area contributed by atoms with Crippen LogP contribution in [0.25, 0.3) is 11.5 Å². The fourth-order valence-corrected chi connectivity index (χ4v) is 3.39. The van der Waals surface area contributed by atoms with Crippen LogP contribution in [-0.2, 0) is 16.0 Å². The van der Waals surface area contributed by atoms with E-state index in [-0.39, 0.29) is 19.3 Å². The lowest BCUT2D eigenvalue weighted by molar-refractivity contribution is 0.0983. The van der Waals surface area contributed by atoms with E-state index in [4.69, 9.17) is 18.7 Å². The van der Waals surface area contributed by atoms with Gasteiger partial charge in [-0.1, -0.05) is 11.6 Å². The van der Waals surface area contributed by atoms with Crippen LogP contribution < -0.4 is 10.1 Å². The normalized spacial score (nSPS) is 14.6. The zero-order valence-corrected chi connectivity index (χ0v) is 17.3. The summed E-state index contributed by atoms with van der Waals surface area (Å²) >= 11 is 0. The van der Waals surface area contributed by atoms with Gasteiger partial charge >= 0.3 is 6.09 Å². The Hall–Kier alpha value is -2.61. The Morgan fingerprint density at radius 1 is 1.17 bits per heavy atom. The molecule has 0 unspecified atom stereocenters. The highest BCUT2D eigenvalue weighted by Crippen LogP contribution is 2.29. The molecule has 0 radical (unpaired) electrons. The second kappa shape index (κ2) is 10.2. The van der Waals surface area contributed by atoms with Crippen molar-refractivity contribution >= 4 is 6.09 Å². The van der Waals surface area contributed by atoms with Gasteiger partial charge in [0.2, 0.25) is 0 Å². The number of carbonyl (C=O) groups is 1. The van der Waals surface area contributed by atoms with Gasteiger partial charge in [-0.15, -0.1) is 0 Å². The number of alkyl carbamates (subject to hydrolysis) is 1. The molecule has 0 atom stereocenters. The van der Waals surface area contributed by atoms with Crippen LogP contribution in [-0.4, -0.2) is 42.7 Å². The number of methoxy groups -OCH3 is 1. The summed E-state index contributed by atoms with van der Waals surface area (Å²) in [6, 6.07) is 3.80. The summed E-state index contributed by atoms with van der Waals surface area (Å²) in [6.07, 6.45) is 5.67. The summed E-state index contributed by atoms with van der Waals surface area (Å²) in [6.45, 7) is 4.53. The van der Waals surface area contributed by atoms with Crippen molar-refractivity contribution in [1.82, 2.24) is 15.5 Å². The van der Waals surface area contributed by atoms with Crippen LogP contribution >= 0.6 is 0 Å². The lowest BCUT2D eigenvalue weighted by atomic mass is 9.98. The highest BCUT2D eigenvalue weighted by molar-refractivity contribution is 5.68. The minimum absolute atomic E-state index is 0.195. The number of hydrogen-bond acceptors (Lipinski definition) is 7. The summed E-state index contributed by atoms with van der Waals surface area (Å²) in [5, 5.41) is 6.74. The molecule has 0 saturated heterocycles. The van der Waals surface area contributed by atoms with Crippen molar-refractivity contribution in [3.8, 4) is 17.2 Å². The Bertz CT molecular complexity index is 815. The smallest absolute Gasteiger partial charge is 0.407 e. The molecule has 1 N–H and O–H groups in total. The molecule has 0 aliphatic heterocycles. The van der Waals surface area contributed by atoms with E-state index in [2.05, 4.69) is 15.5 Å². The van der Waals surface area contributed by atoms with Crippen LogP contribution in [0.5, 0.6) is 5.75 Å². The number of nitrogens with zero attached hydrogens (tertiary/aromatic N) is 2. The van der Waals surface area contributed by atoms with Gasteiger partial charge in [-0.3, -0.25) is 0 Å². The fourth-order valence-electron chi connectivity index (χ4n) is 3.39. The van der Waals surface area contributed by atoms with E-state index >= 15 is 0 Å². The maximum absolute atomic E-state index is 11.8. The topological polar surface area (TPSA) is 95.7 Å². The van der Waals surface area contributed by atoms with Crippen molar-refractivity contribution in [3.05, 3.63) is 29.1 Å². The van der Waals surface area contributed by atoms with Crippen molar-refractivity contribution in [3.63, 3.8) is 0 Å². The lowest BCUT2D eigenvalue weighted by Gasteiger charge is -2.23. The first-order valence-electron chi connectivity index (χ1n) is 10.1. The van der Waals surface area contributed by atoms with Gasteiger partial charge in [0.15, 0.2) is 5.76 Å². The van der Waals surface area contributed by atoms with Gasteiger partial charge in [0.1, 0.15) is 18.1 Å². The number of pyridine rings is 1. The van der Waals surface area contributed by atoms with E-state index in [0.29, 0.717) is 23.8 Å². The molecule has 2 aromatic heterocycles. The predicted molar refractivity (Wildman–Crippen MR) is 107 cm³/mol. The highest BCUT2D eigenvalue weighted by atomic mass is 16.6. The lowest BCUT2D eigenvalue weighted by Crippen LogP contribution is -2.25. The summed E-state index contributed by atoms with van der Waals surface area (Å²) in [5.41, 5.74) is 2.92. The van der Waals surface area contributed by atoms with Crippen LogP contribution in [0, 0.1) is 13.8 Å². The number of aryl methyl sites for hydroxylation is 2.